The number of para-hydroxylation sites is 2. The molecule has 0 aliphatic carbocycles. The van der Waals surface area contributed by atoms with Gasteiger partial charge in [-0.1, -0.05) is 59.6 Å². The fraction of sp³-hybridized carbons (Fsp3) is 0.0714. The molecule has 0 saturated heterocycles. The monoisotopic (exact) mass is 530 g/mol. The van der Waals surface area contributed by atoms with Crippen molar-refractivity contribution in [3.05, 3.63) is 106 Å². The molecule has 0 atom stereocenters. The number of pyridine rings is 1. The van der Waals surface area contributed by atoms with Gasteiger partial charge in [-0.05, 0) is 49.4 Å². The van der Waals surface area contributed by atoms with Crippen molar-refractivity contribution in [2.45, 2.75) is 6.92 Å². The number of carbonyl (C=O) groups excluding carboxylic acids is 2. The summed E-state index contributed by atoms with van der Waals surface area (Å²) < 4.78 is 6.69. The number of esters is 1. The van der Waals surface area contributed by atoms with E-state index in [0.717, 1.165) is 0 Å². The number of hydrogen-bond donors (Lipinski definition) is 1. The number of halogens is 2. The van der Waals surface area contributed by atoms with Gasteiger partial charge in [-0.15, -0.1) is 0 Å². The van der Waals surface area contributed by atoms with Gasteiger partial charge in [-0.2, -0.15) is 5.10 Å². The molecule has 0 unspecified atom stereocenters. The van der Waals surface area contributed by atoms with Crippen molar-refractivity contribution in [2.24, 2.45) is 0 Å². The summed E-state index contributed by atoms with van der Waals surface area (Å²) >= 11 is 12.5. The molecule has 0 aliphatic rings. The second kappa shape index (κ2) is 10.4. The smallest absolute Gasteiger partial charge is 0.343 e. The first-order chi connectivity index (χ1) is 18.0. The van der Waals surface area contributed by atoms with Gasteiger partial charge in [0.05, 0.1) is 40.3 Å². The van der Waals surface area contributed by atoms with Gasteiger partial charge >= 0.3 is 5.97 Å². The lowest BCUT2D eigenvalue weighted by Gasteiger charge is -2.14. The zero-order valence-corrected chi connectivity index (χ0v) is 21.1. The summed E-state index contributed by atoms with van der Waals surface area (Å²) in [6, 6.07) is 23.2. The maximum atomic E-state index is 13.8. The van der Waals surface area contributed by atoms with E-state index in [1.807, 2.05) is 54.6 Å². The molecule has 0 fully saturated rings. The number of ether oxygens (including phenoxy) is 1. The van der Waals surface area contributed by atoms with E-state index >= 15 is 0 Å². The van der Waals surface area contributed by atoms with Gasteiger partial charge in [0.15, 0.2) is 5.82 Å². The van der Waals surface area contributed by atoms with Crippen LogP contribution in [-0.4, -0.2) is 33.2 Å². The molecule has 5 rings (SSSR count). The van der Waals surface area contributed by atoms with Crippen LogP contribution >= 0.6 is 23.2 Å². The SMILES string of the molecule is CCOC(=O)c1cnn(-c2ccccc2)c1NC(=O)c1cc(-c2ccc(Cl)cc2Cl)nc2ccccc12. The van der Waals surface area contributed by atoms with Gasteiger partial charge in [0, 0.05) is 16.0 Å². The topological polar surface area (TPSA) is 86.1 Å². The third-order valence-corrected chi connectivity index (χ3v) is 6.21. The molecule has 7 nitrogen and oxygen atoms in total. The Labute approximate surface area is 222 Å². The van der Waals surface area contributed by atoms with Crippen molar-refractivity contribution in [3.8, 4) is 16.9 Å². The molecule has 0 bridgehead atoms. The zero-order chi connectivity index (χ0) is 25.9. The van der Waals surface area contributed by atoms with Gasteiger partial charge in [-0.25, -0.2) is 14.5 Å². The molecule has 2 aromatic heterocycles. The minimum absolute atomic E-state index is 0.137. The lowest BCUT2D eigenvalue weighted by Crippen LogP contribution is -2.18. The highest BCUT2D eigenvalue weighted by atomic mass is 35.5. The molecule has 3 aromatic carbocycles. The van der Waals surface area contributed by atoms with E-state index in [4.69, 9.17) is 32.9 Å². The Morgan fingerprint density at radius 1 is 0.946 bits per heavy atom. The summed E-state index contributed by atoms with van der Waals surface area (Å²) in [7, 11) is 0. The molecular weight excluding hydrogens is 511 g/mol. The van der Waals surface area contributed by atoms with Crippen molar-refractivity contribution in [1.82, 2.24) is 14.8 Å². The molecule has 37 heavy (non-hydrogen) atoms. The number of fused-ring (bicyclic) bond motifs is 1. The van der Waals surface area contributed by atoms with Crippen LogP contribution in [0.5, 0.6) is 0 Å². The van der Waals surface area contributed by atoms with E-state index in [1.54, 1.807) is 31.2 Å². The predicted molar refractivity (Wildman–Crippen MR) is 145 cm³/mol. The van der Waals surface area contributed by atoms with Crippen LogP contribution in [-0.2, 0) is 4.74 Å². The van der Waals surface area contributed by atoms with E-state index < -0.39 is 11.9 Å². The Morgan fingerprint density at radius 2 is 1.70 bits per heavy atom. The molecule has 0 radical (unpaired) electrons. The largest absolute Gasteiger partial charge is 0.462 e. The average Bonchev–Trinajstić information content (AvgIpc) is 3.32. The van der Waals surface area contributed by atoms with Crippen LogP contribution in [0.4, 0.5) is 5.82 Å². The minimum Gasteiger partial charge on any atom is -0.462 e. The number of aromatic nitrogens is 3. The Balaban J connectivity index is 1.63. The third-order valence-electron chi connectivity index (χ3n) is 5.67. The first-order valence-corrected chi connectivity index (χ1v) is 12.2. The zero-order valence-electron chi connectivity index (χ0n) is 19.6. The molecule has 0 aliphatic heterocycles. The van der Waals surface area contributed by atoms with Crippen molar-refractivity contribution < 1.29 is 14.3 Å². The van der Waals surface area contributed by atoms with Gasteiger partial charge in [0.1, 0.15) is 5.56 Å². The second-order valence-corrected chi connectivity index (χ2v) is 8.87. The lowest BCUT2D eigenvalue weighted by molar-refractivity contribution is 0.0527. The number of nitrogens with one attached hydrogen (secondary N) is 1. The van der Waals surface area contributed by atoms with Gasteiger partial charge in [0.25, 0.3) is 5.91 Å². The van der Waals surface area contributed by atoms with Crippen LogP contribution < -0.4 is 5.32 Å². The fourth-order valence-electron chi connectivity index (χ4n) is 3.97. The Bertz CT molecular complexity index is 1630. The maximum Gasteiger partial charge on any atom is 0.343 e. The van der Waals surface area contributed by atoms with Gasteiger partial charge < -0.3 is 10.1 Å². The summed E-state index contributed by atoms with van der Waals surface area (Å²) in [5, 5.41) is 8.77. The van der Waals surface area contributed by atoms with Gasteiger partial charge in [-0.3, -0.25) is 4.79 Å². The van der Waals surface area contributed by atoms with Crippen molar-refractivity contribution in [2.75, 3.05) is 11.9 Å². The Kier molecular flexibility index (Phi) is 6.90. The molecule has 2 heterocycles. The number of carbonyl (C=O) groups is 2. The quantitative estimate of drug-likeness (QED) is 0.243. The molecule has 184 valence electrons. The summed E-state index contributed by atoms with van der Waals surface area (Å²) in [6.07, 6.45) is 1.38. The van der Waals surface area contributed by atoms with E-state index in [-0.39, 0.29) is 18.0 Å². The van der Waals surface area contributed by atoms with Crippen LogP contribution in [0.25, 0.3) is 27.8 Å². The minimum atomic E-state index is -0.590. The Hall–Kier alpha value is -4.20. The number of rotatable bonds is 6. The number of nitrogens with zero attached hydrogens (tertiary/aromatic N) is 3. The normalized spacial score (nSPS) is 10.9. The molecule has 0 spiro atoms. The predicted octanol–water partition coefficient (Wildman–Crippen LogP) is 6.82. The average molecular weight is 531 g/mol. The third kappa shape index (κ3) is 4.91. The highest BCUT2D eigenvalue weighted by Gasteiger charge is 2.23. The Morgan fingerprint density at radius 3 is 2.46 bits per heavy atom. The number of anilines is 1. The maximum absolute atomic E-state index is 13.8. The van der Waals surface area contributed by atoms with E-state index in [0.29, 0.717) is 43.5 Å². The molecule has 5 aromatic rings. The van der Waals surface area contributed by atoms with E-state index in [2.05, 4.69) is 10.4 Å². The highest BCUT2D eigenvalue weighted by molar-refractivity contribution is 6.36. The van der Waals surface area contributed by atoms with Crippen molar-refractivity contribution in [1.29, 1.82) is 0 Å². The number of benzene rings is 3. The highest BCUT2D eigenvalue weighted by Crippen LogP contribution is 2.32. The summed E-state index contributed by atoms with van der Waals surface area (Å²) in [4.78, 5) is 31.2. The molecule has 9 heteroatoms. The molecule has 1 amide bonds. The lowest BCUT2D eigenvalue weighted by atomic mass is 10.0. The van der Waals surface area contributed by atoms with Crippen LogP contribution in [0.3, 0.4) is 0 Å². The van der Waals surface area contributed by atoms with Crippen molar-refractivity contribution >= 4 is 51.8 Å². The van der Waals surface area contributed by atoms with Crippen LogP contribution in [0.1, 0.15) is 27.6 Å². The molecule has 0 saturated carbocycles. The van der Waals surface area contributed by atoms with Gasteiger partial charge in [0.2, 0.25) is 0 Å². The fourth-order valence-corrected chi connectivity index (χ4v) is 4.47. The van der Waals surface area contributed by atoms with Crippen LogP contribution in [0, 0.1) is 0 Å². The first kappa shape index (κ1) is 24.5. The van der Waals surface area contributed by atoms with E-state index in [1.165, 1.54) is 10.9 Å². The molecule has 1 N–H and O–H groups in total. The first-order valence-electron chi connectivity index (χ1n) is 11.4. The number of amides is 1. The summed E-state index contributed by atoms with van der Waals surface area (Å²) in [5.41, 5.74) is 2.90. The van der Waals surface area contributed by atoms with Crippen molar-refractivity contribution in [3.63, 3.8) is 0 Å². The molecular formula is C28H20Cl2N4O3. The summed E-state index contributed by atoms with van der Waals surface area (Å²) in [6.45, 7) is 1.90. The second-order valence-electron chi connectivity index (χ2n) is 8.03. The van der Waals surface area contributed by atoms with Crippen LogP contribution in [0.15, 0.2) is 85.1 Å². The summed E-state index contributed by atoms with van der Waals surface area (Å²) in [5.74, 6) is -0.844. The van der Waals surface area contributed by atoms with Crippen LogP contribution in [0.2, 0.25) is 10.0 Å². The number of hydrogen-bond acceptors (Lipinski definition) is 5. The van der Waals surface area contributed by atoms with E-state index in [9.17, 15) is 9.59 Å². The standard InChI is InChI=1S/C28H20Cl2N4O3/c1-2-37-28(36)22-16-31-34(18-8-4-3-5-9-18)26(22)33-27(35)21-15-25(20-13-12-17(29)14-23(20)30)32-24-11-7-6-10-19(21)24/h3-16H,2H2,1H3,(H,33,35).